The Bertz CT molecular complexity index is 836. The Morgan fingerprint density at radius 1 is 1.28 bits per heavy atom. The SMILES string of the molecule is Cc1ccc2c(c1)[C@@H]1OCCC[C@@H]1[C@@H](c1ccc(C(=O)O)c(F)c1)N2. The van der Waals surface area contributed by atoms with E-state index in [-0.39, 0.29) is 23.6 Å². The lowest BCUT2D eigenvalue weighted by atomic mass is 9.77. The summed E-state index contributed by atoms with van der Waals surface area (Å²) in [5, 5.41) is 12.6. The van der Waals surface area contributed by atoms with Crippen molar-refractivity contribution in [2.45, 2.75) is 31.9 Å². The van der Waals surface area contributed by atoms with Gasteiger partial charge in [-0.05, 0) is 43.5 Å². The highest BCUT2D eigenvalue weighted by atomic mass is 19.1. The van der Waals surface area contributed by atoms with Gasteiger partial charge in [-0.1, -0.05) is 23.8 Å². The van der Waals surface area contributed by atoms with Gasteiger partial charge in [-0.15, -0.1) is 0 Å². The summed E-state index contributed by atoms with van der Waals surface area (Å²) < 4.78 is 20.3. The highest BCUT2D eigenvalue weighted by molar-refractivity contribution is 5.88. The largest absolute Gasteiger partial charge is 0.478 e. The van der Waals surface area contributed by atoms with E-state index in [4.69, 9.17) is 9.84 Å². The van der Waals surface area contributed by atoms with Crippen molar-refractivity contribution in [3.05, 3.63) is 64.5 Å². The monoisotopic (exact) mass is 341 g/mol. The van der Waals surface area contributed by atoms with Gasteiger partial charge >= 0.3 is 5.97 Å². The number of halogens is 1. The van der Waals surface area contributed by atoms with Crippen molar-refractivity contribution in [1.82, 2.24) is 0 Å². The summed E-state index contributed by atoms with van der Waals surface area (Å²) in [6.07, 6.45) is 1.94. The molecule has 4 rings (SSSR count). The van der Waals surface area contributed by atoms with E-state index in [0.717, 1.165) is 36.3 Å². The van der Waals surface area contributed by atoms with Gasteiger partial charge in [-0.2, -0.15) is 0 Å². The molecule has 2 heterocycles. The quantitative estimate of drug-likeness (QED) is 0.846. The average molecular weight is 341 g/mol. The number of nitrogens with one attached hydrogen (secondary N) is 1. The summed E-state index contributed by atoms with van der Waals surface area (Å²) in [5.41, 5.74) is 3.80. The molecule has 2 aliphatic rings. The Balaban J connectivity index is 1.76. The van der Waals surface area contributed by atoms with Gasteiger partial charge in [-0.25, -0.2) is 9.18 Å². The molecule has 2 aromatic carbocycles. The molecule has 0 aliphatic carbocycles. The number of aryl methyl sites for hydroxylation is 1. The number of carboxylic acids is 1. The third kappa shape index (κ3) is 2.78. The second-order valence-corrected chi connectivity index (χ2v) is 6.85. The molecule has 0 aromatic heterocycles. The number of benzene rings is 2. The van der Waals surface area contributed by atoms with Crippen LogP contribution in [0.5, 0.6) is 0 Å². The topological polar surface area (TPSA) is 58.6 Å². The van der Waals surface area contributed by atoms with E-state index in [1.807, 2.05) is 12.1 Å². The Hall–Kier alpha value is -2.40. The van der Waals surface area contributed by atoms with Crippen molar-refractivity contribution in [3.63, 3.8) is 0 Å². The molecule has 2 aromatic rings. The fourth-order valence-corrected chi connectivity index (χ4v) is 4.02. The van der Waals surface area contributed by atoms with Crippen LogP contribution in [0.25, 0.3) is 0 Å². The van der Waals surface area contributed by atoms with Gasteiger partial charge in [0.05, 0.1) is 17.7 Å². The Morgan fingerprint density at radius 3 is 2.88 bits per heavy atom. The lowest BCUT2D eigenvalue weighted by molar-refractivity contribution is -0.0381. The number of fused-ring (bicyclic) bond motifs is 3. The number of rotatable bonds is 2. The van der Waals surface area contributed by atoms with Crippen molar-refractivity contribution in [2.24, 2.45) is 5.92 Å². The highest BCUT2D eigenvalue weighted by Gasteiger charge is 2.40. The van der Waals surface area contributed by atoms with Crippen molar-refractivity contribution >= 4 is 11.7 Å². The van der Waals surface area contributed by atoms with E-state index in [1.54, 1.807) is 6.07 Å². The lowest BCUT2D eigenvalue weighted by Crippen LogP contribution is -2.36. The molecule has 2 N–H and O–H groups in total. The van der Waals surface area contributed by atoms with Crippen LogP contribution in [-0.2, 0) is 4.74 Å². The van der Waals surface area contributed by atoms with Crippen LogP contribution in [0.15, 0.2) is 36.4 Å². The summed E-state index contributed by atoms with van der Waals surface area (Å²) in [6.45, 7) is 2.79. The summed E-state index contributed by atoms with van der Waals surface area (Å²) in [6, 6.07) is 10.5. The second-order valence-electron chi connectivity index (χ2n) is 6.85. The molecule has 0 spiro atoms. The van der Waals surface area contributed by atoms with Crippen LogP contribution in [0.1, 0.15) is 52.0 Å². The highest BCUT2D eigenvalue weighted by Crippen LogP contribution is 2.49. The first kappa shape index (κ1) is 16.1. The maximum atomic E-state index is 14.2. The first-order valence-electron chi connectivity index (χ1n) is 8.56. The van der Waals surface area contributed by atoms with Crippen LogP contribution in [0.3, 0.4) is 0 Å². The third-order valence-corrected chi connectivity index (χ3v) is 5.20. The summed E-state index contributed by atoms with van der Waals surface area (Å²) in [4.78, 5) is 11.1. The van der Waals surface area contributed by atoms with Gasteiger partial charge in [0.2, 0.25) is 0 Å². The van der Waals surface area contributed by atoms with Gasteiger partial charge in [-0.3, -0.25) is 0 Å². The van der Waals surface area contributed by atoms with Gasteiger partial charge in [0, 0.05) is 23.8 Å². The molecule has 0 unspecified atom stereocenters. The van der Waals surface area contributed by atoms with Gasteiger partial charge in [0.15, 0.2) is 0 Å². The molecule has 2 aliphatic heterocycles. The summed E-state index contributed by atoms with van der Waals surface area (Å²) in [7, 11) is 0. The molecule has 130 valence electrons. The van der Waals surface area contributed by atoms with E-state index in [9.17, 15) is 9.18 Å². The minimum atomic E-state index is -1.25. The maximum Gasteiger partial charge on any atom is 0.338 e. The predicted octanol–water partition coefficient (Wildman–Crippen LogP) is 4.47. The smallest absolute Gasteiger partial charge is 0.338 e. The Labute approximate surface area is 145 Å². The van der Waals surface area contributed by atoms with E-state index in [0.29, 0.717) is 0 Å². The van der Waals surface area contributed by atoms with Gasteiger partial charge in [0.25, 0.3) is 0 Å². The summed E-state index contributed by atoms with van der Waals surface area (Å²) in [5.74, 6) is -1.76. The molecule has 1 fully saturated rings. The average Bonchev–Trinajstić information content (AvgIpc) is 2.61. The minimum absolute atomic E-state index is 0.0166. The molecular weight excluding hydrogens is 321 g/mol. The molecular formula is C20H20FNO3. The van der Waals surface area contributed by atoms with Crippen LogP contribution in [0.2, 0.25) is 0 Å². The molecule has 25 heavy (non-hydrogen) atoms. The zero-order valence-corrected chi connectivity index (χ0v) is 14.0. The number of hydrogen-bond donors (Lipinski definition) is 2. The molecule has 1 saturated heterocycles. The van der Waals surface area contributed by atoms with E-state index in [2.05, 4.69) is 18.3 Å². The standard InChI is InChI=1S/C20H20FNO3/c1-11-4-7-17-15(9-11)19-14(3-2-8-25-19)18(22-17)12-5-6-13(20(23)24)16(21)10-12/h4-7,9-10,14,18-19,22H,2-3,8H2,1H3,(H,23,24)/t14-,18-,19-/m1/s1. The number of ether oxygens (including phenoxy) is 1. The molecule has 0 radical (unpaired) electrons. The number of carbonyl (C=O) groups is 1. The number of anilines is 1. The van der Waals surface area contributed by atoms with Crippen LogP contribution in [0, 0.1) is 18.7 Å². The van der Waals surface area contributed by atoms with Crippen molar-refractivity contribution in [1.29, 1.82) is 0 Å². The van der Waals surface area contributed by atoms with E-state index in [1.165, 1.54) is 17.7 Å². The summed E-state index contributed by atoms with van der Waals surface area (Å²) >= 11 is 0. The molecule has 0 amide bonds. The van der Waals surface area contributed by atoms with Crippen LogP contribution >= 0.6 is 0 Å². The van der Waals surface area contributed by atoms with Crippen LogP contribution in [0.4, 0.5) is 10.1 Å². The third-order valence-electron chi connectivity index (χ3n) is 5.20. The van der Waals surface area contributed by atoms with Crippen LogP contribution in [-0.4, -0.2) is 17.7 Å². The first-order valence-corrected chi connectivity index (χ1v) is 8.56. The second kappa shape index (κ2) is 6.15. The van der Waals surface area contributed by atoms with E-state index >= 15 is 0 Å². The zero-order chi connectivity index (χ0) is 17.6. The molecule has 4 nitrogen and oxygen atoms in total. The Morgan fingerprint density at radius 2 is 2.12 bits per heavy atom. The first-order chi connectivity index (χ1) is 12.0. The normalized spacial score (nSPS) is 24.8. The number of hydrogen-bond acceptors (Lipinski definition) is 3. The zero-order valence-electron chi connectivity index (χ0n) is 14.0. The molecule has 5 heteroatoms. The minimum Gasteiger partial charge on any atom is -0.478 e. The molecule has 0 saturated carbocycles. The lowest BCUT2D eigenvalue weighted by Gasteiger charge is -2.43. The molecule has 3 atom stereocenters. The van der Waals surface area contributed by atoms with Gasteiger partial charge in [0.1, 0.15) is 5.82 Å². The van der Waals surface area contributed by atoms with E-state index < -0.39 is 11.8 Å². The molecule has 0 bridgehead atoms. The van der Waals surface area contributed by atoms with Crippen molar-refractivity contribution in [2.75, 3.05) is 11.9 Å². The number of aromatic carboxylic acids is 1. The maximum absolute atomic E-state index is 14.2. The van der Waals surface area contributed by atoms with Crippen molar-refractivity contribution < 1.29 is 19.0 Å². The van der Waals surface area contributed by atoms with Crippen molar-refractivity contribution in [3.8, 4) is 0 Å². The Kier molecular flexibility index (Phi) is 3.96. The van der Waals surface area contributed by atoms with Gasteiger partial charge < -0.3 is 15.2 Å². The predicted molar refractivity (Wildman–Crippen MR) is 92.3 cm³/mol. The number of carboxylic acid groups (broad SMARTS) is 1. The fourth-order valence-electron chi connectivity index (χ4n) is 4.02. The fraction of sp³-hybridized carbons (Fsp3) is 0.350. The van der Waals surface area contributed by atoms with Crippen LogP contribution < -0.4 is 5.32 Å².